The first-order valence-corrected chi connectivity index (χ1v) is 4.95. The van der Waals surface area contributed by atoms with Crippen LogP contribution in [0.2, 0.25) is 0 Å². The summed E-state index contributed by atoms with van der Waals surface area (Å²) in [5.74, 6) is -0.0490. The zero-order valence-corrected chi connectivity index (χ0v) is 8.05. The third-order valence-electron chi connectivity index (χ3n) is 2.95. The molecular weight excluding hydrogens is 194 g/mol. The normalized spacial score (nSPS) is 28.3. The lowest BCUT2D eigenvalue weighted by Crippen LogP contribution is -2.43. The summed E-state index contributed by atoms with van der Waals surface area (Å²) in [5.41, 5.74) is 1.68. The summed E-state index contributed by atoms with van der Waals surface area (Å²) in [7, 11) is 0. The number of aliphatic hydroxyl groups excluding tert-OH is 1. The molecule has 1 saturated heterocycles. The number of anilines is 2. The number of hydrogen-bond donors (Lipinski definition) is 2. The highest BCUT2D eigenvalue weighted by Crippen LogP contribution is 2.35. The van der Waals surface area contributed by atoms with E-state index in [1.807, 2.05) is 11.0 Å². The minimum atomic E-state index is -0.417. The molecule has 3 heterocycles. The SMILES string of the molecule is O=C1Nc2cnccc2N2CC(O)CC12. The number of amides is 1. The molecular formula is C10H11N3O2. The number of fused-ring (bicyclic) bond motifs is 3. The van der Waals surface area contributed by atoms with Gasteiger partial charge in [-0.2, -0.15) is 0 Å². The smallest absolute Gasteiger partial charge is 0.247 e. The Kier molecular flexibility index (Phi) is 1.70. The van der Waals surface area contributed by atoms with Crippen LogP contribution in [-0.2, 0) is 4.79 Å². The Hall–Kier alpha value is -1.62. The molecule has 1 aromatic heterocycles. The van der Waals surface area contributed by atoms with E-state index >= 15 is 0 Å². The molecule has 2 aliphatic rings. The Labute approximate surface area is 86.7 Å². The van der Waals surface area contributed by atoms with Crippen molar-refractivity contribution < 1.29 is 9.90 Å². The third kappa shape index (κ3) is 1.20. The van der Waals surface area contributed by atoms with E-state index in [1.54, 1.807) is 12.4 Å². The Balaban J connectivity index is 2.08. The van der Waals surface area contributed by atoms with Crippen LogP contribution in [0.15, 0.2) is 18.5 Å². The van der Waals surface area contributed by atoms with Crippen molar-refractivity contribution in [1.29, 1.82) is 0 Å². The fraction of sp³-hybridized carbons (Fsp3) is 0.400. The van der Waals surface area contributed by atoms with Crippen molar-refractivity contribution in [1.82, 2.24) is 4.98 Å². The zero-order chi connectivity index (χ0) is 10.4. The molecule has 1 fully saturated rings. The zero-order valence-electron chi connectivity index (χ0n) is 8.05. The molecule has 5 heteroatoms. The van der Waals surface area contributed by atoms with Crippen LogP contribution in [0.25, 0.3) is 0 Å². The largest absolute Gasteiger partial charge is 0.391 e. The third-order valence-corrected chi connectivity index (χ3v) is 2.95. The summed E-state index contributed by atoms with van der Waals surface area (Å²) < 4.78 is 0. The Morgan fingerprint density at radius 2 is 2.47 bits per heavy atom. The van der Waals surface area contributed by atoms with Crippen molar-refractivity contribution in [2.45, 2.75) is 18.6 Å². The lowest BCUT2D eigenvalue weighted by Gasteiger charge is -2.32. The Morgan fingerprint density at radius 1 is 1.60 bits per heavy atom. The van der Waals surface area contributed by atoms with Crippen molar-refractivity contribution in [3.05, 3.63) is 18.5 Å². The second-order valence-electron chi connectivity index (χ2n) is 3.94. The predicted octanol–water partition coefficient (Wildman–Crippen LogP) is -0.0267. The standard InChI is InChI=1S/C10H11N3O2/c14-6-3-9-10(15)12-7-4-11-2-1-8(7)13(9)5-6/h1-2,4,6,9,14H,3,5H2,(H,12,15). The van der Waals surface area contributed by atoms with Gasteiger partial charge in [-0.25, -0.2) is 0 Å². The van der Waals surface area contributed by atoms with Crippen LogP contribution in [0.4, 0.5) is 11.4 Å². The van der Waals surface area contributed by atoms with Crippen LogP contribution in [0.3, 0.4) is 0 Å². The summed E-state index contributed by atoms with van der Waals surface area (Å²) in [4.78, 5) is 17.6. The van der Waals surface area contributed by atoms with Crippen LogP contribution in [-0.4, -0.2) is 34.7 Å². The van der Waals surface area contributed by atoms with Crippen LogP contribution >= 0.6 is 0 Å². The van der Waals surface area contributed by atoms with Crippen molar-refractivity contribution in [3.8, 4) is 0 Å². The van der Waals surface area contributed by atoms with Gasteiger partial charge in [-0.1, -0.05) is 0 Å². The maximum atomic E-state index is 11.7. The van der Waals surface area contributed by atoms with Crippen molar-refractivity contribution >= 4 is 17.3 Å². The topological polar surface area (TPSA) is 65.5 Å². The first kappa shape index (κ1) is 8.67. The molecule has 0 aromatic carbocycles. The van der Waals surface area contributed by atoms with E-state index < -0.39 is 6.10 Å². The Morgan fingerprint density at radius 3 is 3.33 bits per heavy atom. The van der Waals surface area contributed by atoms with Gasteiger partial charge < -0.3 is 15.3 Å². The number of aliphatic hydroxyl groups is 1. The first-order valence-electron chi connectivity index (χ1n) is 4.95. The van der Waals surface area contributed by atoms with E-state index in [9.17, 15) is 9.90 Å². The molecule has 1 aromatic rings. The number of aromatic nitrogens is 1. The van der Waals surface area contributed by atoms with E-state index in [-0.39, 0.29) is 11.9 Å². The molecule has 15 heavy (non-hydrogen) atoms. The minimum Gasteiger partial charge on any atom is -0.391 e. The number of pyridine rings is 1. The predicted molar refractivity (Wildman–Crippen MR) is 54.6 cm³/mol. The molecule has 0 aliphatic carbocycles. The van der Waals surface area contributed by atoms with Crippen LogP contribution in [0, 0.1) is 0 Å². The summed E-state index contributed by atoms with van der Waals surface area (Å²) in [6.07, 6.45) is 3.42. The number of nitrogens with one attached hydrogen (secondary N) is 1. The van der Waals surface area contributed by atoms with Crippen LogP contribution in [0.5, 0.6) is 0 Å². The quantitative estimate of drug-likeness (QED) is 0.624. The molecule has 3 rings (SSSR count). The fourth-order valence-corrected chi connectivity index (χ4v) is 2.28. The summed E-state index contributed by atoms with van der Waals surface area (Å²) in [5, 5.41) is 12.4. The van der Waals surface area contributed by atoms with Gasteiger partial charge in [0.1, 0.15) is 6.04 Å². The van der Waals surface area contributed by atoms with E-state index in [1.165, 1.54) is 0 Å². The first-order chi connectivity index (χ1) is 7.25. The minimum absolute atomic E-state index is 0.0490. The fourth-order valence-electron chi connectivity index (χ4n) is 2.28. The summed E-state index contributed by atoms with van der Waals surface area (Å²) in [6, 6.07) is 1.63. The molecule has 2 unspecified atom stereocenters. The monoisotopic (exact) mass is 205 g/mol. The van der Waals surface area contributed by atoms with Gasteiger partial charge in [0.05, 0.1) is 23.7 Å². The van der Waals surface area contributed by atoms with E-state index in [2.05, 4.69) is 10.3 Å². The Bertz CT molecular complexity index is 421. The molecule has 5 nitrogen and oxygen atoms in total. The second kappa shape index (κ2) is 2.93. The highest BCUT2D eigenvalue weighted by molar-refractivity contribution is 6.03. The van der Waals surface area contributed by atoms with Gasteiger partial charge in [0.15, 0.2) is 0 Å². The van der Waals surface area contributed by atoms with E-state index in [0.717, 1.165) is 11.4 Å². The lowest BCUT2D eigenvalue weighted by atomic mass is 10.1. The molecule has 2 atom stereocenters. The molecule has 1 amide bonds. The van der Waals surface area contributed by atoms with Gasteiger partial charge in [-0.05, 0) is 6.07 Å². The molecule has 0 saturated carbocycles. The molecule has 0 radical (unpaired) electrons. The van der Waals surface area contributed by atoms with Gasteiger partial charge >= 0.3 is 0 Å². The maximum Gasteiger partial charge on any atom is 0.247 e. The van der Waals surface area contributed by atoms with Crippen LogP contribution < -0.4 is 10.2 Å². The van der Waals surface area contributed by atoms with Gasteiger partial charge in [-0.3, -0.25) is 9.78 Å². The number of hydrogen-bond acceptors (Lipinski definition) is 4. The highest BCUT2D eigenvalue weighted by atomic mass is 16.3. The van der Waals surface area contributed by atoms with Crippen molar-refractivity contribution in [2.24, 2.45) is 0 Å². The highest BCUT2D eigenvalue weighted by Gasteiger charge is 2.40. The van der Waals surface area contributed by atoms with Gasteiger partial charge in [0, 0.05) is 19.2 Å². The van der Waals surface area contributed by atoms with Crippen molar-refractivity contribution in [2.75, 3.05) is 16.8 Å². The molecule has 0 bridgehead atoms. The average Bonchev–Trinajstić information content (AvgIpc) is 2.61. The maximum absolute atomic E-state index is 11.7. The number of carbonyl (C=O) groups is 1. The lowest BCUT2D eigenvalue weighted by molar-refractivity contribution is -0.117. The van der Waals surface area contributed by atoms with Gasteiger partial charge in [0.2, 0.25) is 5.91 Å². The number of rotatable bonds is 0. The second-order valence-corrected chi connectivity index (χ2v) is 3.94. The molecule has 2 aliphatic heterocycles. The molecule has 78 valence electrons. The van der Waals surface area contributed by atoms with Gasteiger partial charge in [-0.15, -0.1) is 0 Å². The average molecular weight is 205 g/mol. The van der Waals surface area contributed by atoms with Crippen molar-refractivity contribution in [3.63, 3.8) is 0 Å². The summed E-state index contributed by atoms with van der Waals surface area (Å²) >= 11 is 0. The number of nitrogens with zero attached hydrogens (tertiary/aromatic N) is 2. The van der Waals surface area contributed by atoms with Crippen LogP contribution in [0.1, 0.15) is 6.42 Å². The van der Waals surface area contributed by atoms with E-state index in [0.29, 0.717) is 13.0 Å². The number of carbonyl (C=O) groups excluding carboxylic acids is 1. The van der Waals surface area contributed by atoms with Gasteiger partial charge in [0.25, 0.3) is 0 Å². The summed E-state index contributed by atoms with van der Waals surface area (Å²) in [6.45, 7) is 0.523. The molecule has 0 spiro atoms. The van der Waals surface area contributed by atoms with E-state index in [4.69, 9.17) is 0 Å². The molecule has 2 N–H and O–H groups in total.